The monoisotopic (exact) mass is 344 g/mol. The Balaban J connectivity index is 1.94. The number of aryl methyl sites for hydroxylation is 1. The molecule has 2 aromatic carbocycles. The van der Waals surface area contributed by atoms with E-state index < -0.39 is 0 Å². The number of rotatable bonds is 3. The van der Waals surface area contributed by atoms with Crippen molar-refractivity contribution in [3.63, 3.8) is 0 Å². The predicted octanol–water partition coefficient (Wildman–Crippen LogP) is 3.78. The summed E-state index contributed by atoms with van der Waals surface area (Å²) in [6.07, 6.45) is 0. The van der Waals surface area contributed by atoms with E-state index in [9.17, 15) is 0 Å². The second-order valence-corrected chi connectivity index (χ2v) is 5.49. The lowest BCUT2D eigenvalue weighted by molar-refractivity contribution is 0.462. The van der Waals surface area contributed by atoms with Gasteiger partial charge in [-0.05, 0) is 42.0 Å². The van der Waals surface area contributed by atoms with Gasteiger partial charge in [-0.25, -0.2) is 10.8 Å². The fourth-order valence-corrected chi connectivity index (χ4v) is 2.41. The number of nitrogens with two attached hydrogens (primary N) is 1. The number of fused-ring (bicyclic) bond motifs is 1. The van der Waals surface area contributed by atoms with Crippen molar-refractivity contribution in [2.75, 3.05) is 5.43 Å². The van der Waals surface area contributed by atoms with Crippen LogP contribution in [-0.4, -0.2) is 9.97 Å². The number of hydrogen-bond donors (Lipinski definition) is 2. The first kappa shape index (κ1) is 13.8. The molecule has 0 amide bonds. The van der Waals surface area contributed by atoms with Gasteiger partial charge in [-0.15, -0.1) is 0 Å². The summed E-state index contributed by atoms with van der Waals surface area (Å²) in [5.74, 6) is 6.83. The molecule has 1 aromatic heterocycles. The summed E-state index contributed by atoms with van der Waals surface area (Å²) >= 11 is 3.46. The minimum atomic E-state index is 0.328. The zero-order chi connectivity index (χ0) is 14.8. The summed E-state index contributed by atoms with van der Waals surface area (Å²) in [7, 11) is 0. The molecule has 0 radical (unpaired) electrons. The van der Waals surface area contributed by atoms with E-state index in [-0.39, 0.29) is 0 Å². The van der Waals surface area contributed by atoms with E-state index in [2.05, 4.69) is 37.4 Å². The second kappa shape index (κ2) is 5.67. The zero-order valence-corrected chi connectivity index (χ0v) is 12.9. The van der Waals surface area contributed by atoms with Gasteiger partial charge in [-0.2, -0.15) is 4.98 Å². The molecule has 0 fully saturated rings. The summed E-state index contributed by atoms with van der Waals surface area (Å²) in [6.45, 7) is 1.85. The molecule has 1 heterocycles. The van der Waals surface area contributed by atoms with Gasteiger partial charge in [0.2, 0.25) is 11.8 Å². The molecule has 0 aliphatic carbocycles. The summed E-state index contributed by atoms with van der Waals surface area (Å²) < 4.78 is 6.83. The third-order valence-corrected chi connectivity index (χ3v) is 3.45. The molecule has 3 N–H and O–H groups in total. The molecule has 3 aromatic rings. The van der Waals surface area contributed by atoms with Crippen LogP contribution in [0.4, 0.5) is 5.95 Å². The molecule has 0 aliphatic heterocycles. The molecular weight excluding hydrogens is 332 g/mol. The van der Waals surface area contributed by atoms with Crippen molar-refractivity contribution >= 4 is 32.7 Å². The largest absolute Gasteiger partial charge is 0.439 e. The summed E-state index contributed by atoms with van der Waals surface area (Å²) in [5.41, 5.74) is 3.20. The van der Waals surface area contributed by atoms with E-state index in [0.29, 0.717) is 17.6 Å². The van der Waals surface area contributed by atoms with E-state index >= 15 is 0 Å². The van der Waals surface area contributed by atoms with Crippen LogP contribution in [0.3, 0.4) is 0 Å². The third-order valence-electron chi connectivity index (χ3n) is 2.96. The lowest BCUT2D eigenvalue weighted by atomic mass is 10.1. The maximum atomic E-state index is 5.78. The first-order chi connectivity index (χ1) is 10.1. The normalized spacial score (nSPS) is 10.6. The van der Waals surface area contributed by atoms with Crippen molar-refractivity contribution < 1.29 is 4.74 Å². The molecule has 0 spiro atoms. The molecular formula is C15H13BrN4O. The maximum Gasteiger partial charge on any atom is 0.240 e. The van der Waals surface area contributed by atoms with Crippen molar-refractivity contribution in [1.29, 1.82) is 0 Å². The number of ether oxygens (including phenoxy) is 1. The highest BCUT2D eigenvalue weighted by atomic mass is 79.9. The molecule has 6 heteroatoms. The van der Waals surface area contributed by atoms with Crippen LogP contribution in [0.15, 0.2) is 46.9 Å². The van der Waals surface area contributed by atoms with Crippen LogP contribution in [0, 0.1) is 6.92 Å². The Bertz CT molecular complexity index is 807. The van der Waals surface area contributed by atoms with Gasteiger partial charge in [-0.3, -0.25) is 5.43 Å². The Morgan fingerprint density at radius 3 is 2.62 bits per heavy atom. The molecule has 0 saturated heterocycles. The first-order valence-corrected chi connectivity index (χ1v) is 7.13. The number of aromatic nitrogens is 2. The summed E-state index contributed by atoms with van der Waals surface area (Å²) in [4.78, 5) is 8.29. The van der Waals surface area contributed by atoms with Crippen LogP contribution >= 0.6 is 15.9 Å². The molecule has 5 nitrogen and oxygen atoms in total. The standard InChI is InChI=1S/C15H13BrN4O/c1-9-6-14(19-15(18-9)20-17)21-13-5-3-10-7-12(16)4-2-11(10)8-13/h2-8H,17H2,1H3,(H,18,19,20). The minimum Gasteiger partial charge on any atom is -0.439 e. The van der Waals surface area contributed by atoms with Crippen molar-refractivity contribution in [3.8, 4) is 11.6 Å². The van der Waals surface area contributed by atoms with E-state index in [1.165, 1.54) is 0 Å². The van der Waals surface area contributed by atoms with E-state index in [1.807, 2.05) is 37.3 Å². The second-order valence-electron chi connectivity index (χ2n) is 4.57. The van der Waals surface area contributed by atoms with Crippen molar-refractivity contribution in [1.82, 2.24) is 9.97 Å². The molecule has 0 saturated carbocycles. The molecule has 3 rings (SSSR count). The Morgan fingerprint density at radius 1 is 1.05 bits per heavy atom. The van der Waals surface area contributed by atoms with Gasteiger partial charge in [0.05, 0.1) is 0 Å². The number of nitrogens with zero attached hydrogens (tertiary/aromatic N) is 2. The van der Waals surface area contributed by atoms with Crippen LogP contribution in [-0.2, 0) is 0 Å². The Morgan fingerprint density at radius 2 is 1.81 bits per heavy atom. The molecule has 0 unspecified atom stereocenters. The number of anilines is 1. The molecule has 106 valence electrons. The minimum absolute atomic E-state index is 0.328. The maximum absolute atomic E-state index is 5.78. The van der Waals surface area contributed by atoms with Crippen LogP contribution in [0.1, 0.15) is 5.69 Å². The molecule has 0 aliphatic rings. The van der Waals surface area contributed by atoms with Crippen LogP contribution < -0.4 is 16.0 Å². The fraction of sp³-hybridized carbons (Fsp3) is 0.0667. The lowest BCUT2D eigenvalue weighted by Crippen LogP contribution is -2.11. The quantitative estimate of drug-likeness (QED) is 0.558. The Hall–Kier alpha value is -2.18. The number of hydrazine groups is 1. The number of hydrogen-bond acceptors (Lipinski definition) is 5. The van der Waals surface area contributed by atoms with Crippen molar-refractivity contribution in [2.24, 2.45) is 5.84 Å². The Kier molecular flexibility index (Phi) is 3.72. The van der Waals surface area contributed by atoms with Gasteiger partial charge in [0.1, 0.15) is 5.75 Å². The van der Waals surface area contributed by atoms with Crippen LogP contribution in [0.25, 0.3) is 10.8 Å². The van der Waals surface area contributed by atoms with Gasteiger partial charge in [-0.1, -0.05) is 28.1 Å². The van der Waals surface area contributed by atoms with Gasteiger partial charge in [0.15, 0.2) is 0 Å². The molecule has 21 heavy (non-hydrogen) atoms. The highest BCUT2D eigenvalue weighted by Gasteiger charge is 2.05. The topological polar surface area (TPSA) is 73.1 Å². The average Bonchev–Trinajstić information content (AvgIpc) is 2.47. The van der Waals surface area contributed by atoms with Crippen molar-refractivity contribution in [2.45, 2.75) is 6.92 Å². The fourth-order valence-electron chi connectivity index (χ4n) is 2.04. The lowest BCUT2D eigenvalue weighted by Gasteiger charge is -2.08. The van der Waals surface area contributed by atoms with E-state index in [0.717, 1.165) is 20.9 Å². The number of benzene rings is 2. The van der Waals surface area contributed by atoms with Gasteiger partial charge in [0.25, 0.3) is 0 Å². The van der Waals surface area contributed by atoms with E-state index in [4.69, 9.17) is 10.6 Å². The molecule has 0 bridgehead atoms. The highest BCUT2D eigenvalue weighted by Crippen LogP contribution is 2.27. The third kappa shape index (κ3) is 3.12. The van der Waals surface area contributed by atoms with Gasteiger partial charge in [0, 0.05) is 16.2 Å². The van der Waals surface area contributed by atoms with Crippen LogP contribution in [0.2, 0.25) is 0 Å². The van der Waals surface area contributed by atoms with Crippen LogP contribution in [0.5, 0.6) is 11.6 Å². The number of halogens is 1. The van der Waals surface area contributed by atoms with Gasteiger partial charge < -0.3 is 4.74 Å². The predicted molar refractivity (Wildman–Crippen MR) is 86.3 cm³/mol. The highest BCUT2D eigenvalue weighted by molar-refractivity contribution is 9.10. The van der Waals surface area contributed by atoms with E-state index in [1.54, 1.807) is 6.07 Å². The zero-order valence-electron chi connectivity index (χ0n) is 11.3. The molecule has 0 atom stereocenters. The first-order valence-electron chi connectivity index (χ1n) is 6.33. The summed E-state index contributed by atoms with van der Waals surface area (Å²) in [5, 5.41) is 2.23. The average molecular weight is 345 g/mol. The Labute approximate surface area is 130 Å². The van der Waals surface area contributed by atoms with Crippen molar-refractivity contribution in [3.05, 3.63) is 52.6 Å². The summed E-state index contributed by atoms with van der Waals surface area (Å²) in [6, 6.07) is 13.7. The smallest absolute Gasteiger partial charge is 0.240 e. The number of nitrogen functional groups attached to an aromatic ring is 1. The number of nitrogens with one attached hydrogen (secondary N) is 1. The SMILES string of the molecule is Cc1cc(Oc2ccc3cc(Br)ccc3c2)nc(NN)n1. The van der Waals surface area contributed by atoms with Gasteiger partial charge >= 0.3 is 0 Å².